The predicted molar refractivity (Wildman–Crippen MR) is 115 cm³/mol. The number of halogens is 2. The Morgan fingerprint density at radius 1 is 1.21 bits per heavy atom. The molecule has 0 unspecified atom stereocenters. The van der Waals surface area contributed by atoms with Gasteiger partial charge in [0.15, 0.2) is 0 Å². The van der Waals surface area contributed by atoms with Crippen LogP contribution in [0.5, 0.6) is 0 Å². The Hall–Kier alpha value is -2.30. The average molecular weight is 417 g/mol. The number of fused-ring (bicyclic) bond motifs is 2. The van der Waals surface area contributed by atoms with E-state index in [0.29, 0.717) is 24.7 Å². The van der Waals surface area contributed by atoms with Crippen molar-refractivity contribution in [2.75, 3.05) is 13.2 Å². The highest BCUT2D eigenvalue weighted by Gasteiger charge is 2.25. The van der Waals surface area contributed by atoms with Crippen LogP contribution in [-0.4, -0.2) is 29.1 Å². The molecule has 1 amide bonds. The summed E-state index contributed by atoms with van der Waals surface area (Å²) >= 11 is 6.30. The first-order valence-electron chi connectivity index (χ1n) is 9.25. The van der Waals surface area contributed by atoms with Gasteiger partial charge in [-0.3, -0.25) is 4.98 Å². The van der Waals surface area contributed by atoms with E-state index in [9.17, 15) is 4.79 Å². The molecule has 0 saturated carbocycles. The van der Waals surface area contributed by atoms with Crippen molar-refractivity contribution in [3.63, 3.8) is 0 Å². The highest BCUT2D eigenvalue weighted by Crippen LogP contribution is 2.36. The van der Waals surface area contributed by atoms with E-state index in [1.165, 1.54) is 0 Å². The highest BCUT2D eigenvalue weighted by molar-refractivity contribution is 6.31. The topological polar surface area (TPSA) is 42.4 Å². The van der Waals surface area contributed by atoms with E-state index in [2.05, 4.69) is 12.1 Å². The van der Waals surface area contributed by atoms with E-state index >= 15 is 0 Å². The van der Waals surface area contributed by atoms with Gasteiger partial charge in [-0.15, -0.1) is 12.4 Å². The third kappa shape index (κ3) is 3.94. The number of rotatable bonds is 2. The molecule has 146 valence electrons. The Morgan fingerprint density at radius 2 is 2.00 bits per heavy atom. The Morgan fingerprint density at radius 3 is 2.75 bits per heavy atom. The van der Waals surface area contributed by atoms with Crippen molar-refractivity contribution in [1.29, 1.82) is 0 Å². The maximum atomic E-state index is 12.4. The number of ether oxygens (including phenoxy) is 1. The first-order valence-corrected chi connectivity index (χ1v) is 9.63. The van der Waals surface area contributed by atoms with Crippen molar-refractivity contribution < 1.29 is 9.53 Å². The number of amides is 1. The third-order valence-electron chi connectivity index (χ3n) is 4.91. The van der Waals surface area contributed by atoms with E-state index in [-0.39, 0.29) is 18.5 Å². The van der Waals surface area contributed by atoms with Crippen LogP contribution in [0.4, 0.5) is 4.79 Å². The molecule has 0 radical (unpaired) electrons. The van der Waals surface area contributed by atoms with Gasteiger partial charge in [-0.05, 0) is 49.1 Å². The lowest BCUT2D eigenvalue weighted by molar-refractivity contribution is 0.105. The smallest absolute Gasteiger partial charge is 0.410 e. The summed E-state index contributed by atoms with van der Waals surface area (Å²) in [6, 6.07) is 16.1. The van der Waals surface area contributed by atoms with Gasteiger partial charge < -0.3 is 9.64 Å². The molecule has 0 bridgehead atoms. The van der Waals surface area contributed by atoms with Crippen LogP contribution in [0.15, 0.2) is 48.5 Å². The van der Waals surface area contributed by atoms with Crippen LogP contribution in [0, 0.1) is 0 Å². The molecule has 1 aromatic heterocycles. The molecule has 0 saturated heterocycles. The van der Waals surface area contributed by atoms with Gasteiger partial charge in [-0.25, -0.2) is 4.79 Å². The molecule has 0 N–H and O–H groups in total. The van der Waals surface area contributed by atoms with Gasteiger partial charge >= 0.3 is 6.09 Å². The van der Waals surface area contributed by atoms with Crippen molar-refractivity contribution in [3.05, 3.63) is 64.8 Å². The molecule has 0 spiro atoms. The average Bonchev–Trinajstić information content (AvgIpc) is 2.89. The summed E-state index contributed by atoms with van der Waals surface area (Å²) in [7, 11) is 0. The van der Waals surface area contributed by atoms with E-state index in [4.69, 9.17) is 21.3 Å². The number of hydrogen-bond acceptors (Lipinski definition) is 3. The van der Waals surface area contributed by atoms with Gasteiger partial charge in [0.25, 0.3) is 0 Å². The maximum absolute atomic E-state index is 12.4. The monoisotopic (exact) mass is 416 g/mol. The number of carbonyl (C=O) groups is 1. The second-order valence-electron chi connectivity index (χ2n) is 6.66. The van der Waals surface area contributed by atoms with Crippen LogP contribution < -0.4 is 0 Å². The number of aryl methyl sites for hydroxylation is 1. The van der Waals surface area contributed by atoms with Gasteiger partial charge in [0, 0.05) is 28.2 Å². The normalized spacial score (nSPS) is 13.4. The van der Waals surface area contributed by atoms with Gasteiger partial charge in [0.2, 0.25) is 0 Å². The summed E-state index contributed by atoms with van der Waals surface area (Å²) in [6.45, 7) is 3.36. The quantitative estimate of drug-likeness (QED) is 0.523. The first kappa shape index (κ1) is 20.4. The van der Waals surface area contributed by atoms with E-state index in [0.717, 1.165) is 46.1 Å². The van der Waals surface area contributed by atoms with Crippen LogP contribution in [0.2, 0.25) is 5.02 Å². The summed E-state index contributed by atoms with van der Waals surface area (Å²) in [4.78, 5) is 19.1. The van der Waals surface area contributed by atoms with Crippen molar-refractivity contribution >= 4 is 41.0 Å². The second kappa shape index (κ2) is 8.80. The Balaban J connectivity index is 0.00000225. The summed E-state index contributed by atoms with van der Waals surface area (Å²) in [5, 5.41) is 1.69. The molecule has 0 fully saturated rings. The van der Waals surface area contributed by atoms with Crippen molar-refractivity contribution in [1.82, 2.24) is 9.88 Å². The number of nitrogens with zero attached hydrogens (tertiary/aromatic N) is 2. The van der Waals surface area contributed by atoms with Crippen LogP contribution >= 0.6 is 24.0 Å². The van der Waals surface area contributed by atoms with Crippen LogP contribution in [0.25, 0.3) is 22.0 Å². The zero-order valence-electron chi connectivity index (χ0n) is 15.7. The molecule has 2 heterocycles. The van der Waals surface area contributed by atoms with Gasteiger partial charge in [0.1, 0.15) is 0 Å². The van der Waals surface area contributed by atoms with E-state index < -0.39 is 0 Å². The number of hydrogen-bond donors (Lipinski definition) is 0. The lowest BCUT2D eigenvalue weighted by Crippen LogP contribution is -2.31. The molecule has 6 heteroatoms. The summed E-state index contributed by atoms with van der Waals surface area (Å²) in [6.07, 6.45) is 1.44. The van der Waals surface area contributed by atoms with Crippen molar-refractivity contribution in [2.24, 2.45) is 0 Å². The minimum absolute atomic E-state index is 0. The summed E-state index contributed by atoms with van der Waals surface area (Å²) in [5.41, 5.74) is 5.28. The molecule has 4 nitrogen and oxygen atoms in total. The maximum Gasteiger partial charge on any atom is 0.410 e. The third-order valence-corrected chi connectivity index (χ3v) is 5.15. The zero-order valence-corrected chi connectivity index (χ0v) is 17.2. The molecule has 1 aliphatic rings. The number of aromatic nitrogens is 1. The molecule has 2 aromatic carbocycles. The Kier molecular flexibility index (Phi) is 6.42. The fraction of sp³-hybridized carbons (Fsp3) is 0.273. The Bertz CT molecular complexity index is 993. The number of pyridine rings is 1. The molecular weight excluding hydrogens is 395 g/mol. The van der Waals surface area contributed by atoms with Crippen LogP contribution in [-0.2, 0) is 17.7 Å². The van der Waals surface area contributed by atoms with E-state index in [1.54, 1.807) is 4.90 Å². The van der Waals surface area contributed by atoms with E-state index in [1.807, 2.05) is 43.3 Å². The second-order valence-corrected chi connectivity index (χ2v) is 7.10. The first-order chi connectivity index (χ1) is 13.2. The van der Waals surface area contributed by atoms with Gasteiger partial charge in [-0.1, -0.05) is 41.9 Å². The fourth-order valence-electron chi connectivity index (χ4n) is 3.72. The molecule has 4 rings (SSSR count). The lowest BCUT2D eigenvalue weighted by Gasteiger charge is -2.22. The molecule has 28 heavy (non-hydrogen) atoms. The zero-order chi connectivity index (χ0) is 18.8. The fourth-order valence-corrected chi connectivity index (χ4v) is 3.89. The summed E-state index contributed by atoms with van der Waals surface area (Å²) in [5.74, 6) is 0. The largest absolute Gasteiger partial charge is 0.450 e. The Labute approximate surface area is 175 Å². The van der Waals surface area contributed by atoms with Gasteiger partial charge in [-0.2, -0.15) is 0 Å². The van der Waals surface area contributed by atoms with Crippen molar-refractivity contribution in [3.8, 4) is 11.1 Å². The molecule has 0 aliphatic carbocycles. The van der Waals surface area contributed by atoms with Crippen LogP contribution in [0.1, 0.15) is 24.6 Å². The molecular formula is C22H22Cl2N2O2. The predicted octanol–water partition coefficient (Wildman–Crippen LogP) is 5.88. The minimum atomic E-state index is -0.268. The van der Waals surface area contributed by atoms with Crippen molar-refractivity contribution in [2.45, 2.75) is 26.3 Å². The van der Waals surface area contributed by atoms with Crippen LogP contribution in [0.3, 0.4) is 0 Å². The molecule has 3 aromatic rings. The molecule has 1 aliphatic heterocycles. The SMILES string of the molecule is CCOC(=O)N1CCCc2nc3ccc(Cl)cc3c(-c3ccccc3)c2C1.Cl. The minimum Gasteiger partial charge on any atom is -0.450 e. The molecule has 0 atom stereocenters. The standard InChI is InChI=1S/C22H21ClN2O2.ClH/c1-2-27-22(26)25-12-6-9-19-18(14-25)21(15-7-4-3-5-8-15)17-13-16(23)10-11-20(17)24-19;/h3-5,7-8,10-11,13H,2,6,9,12,14H2,1H3;1H. The lowest BCUT2D eigenvalue weighted by atomic mass is 9.93. The number of carbonyl (C=O) groups excluding carboxylic acids is 1. The van der Waals surface area contributed by atoms with Gasteiger partial charge in [0.05, 0.1) is 18.7 Å². The number of benzene rings is 2. The highest BCUT2D eigenvalue weighted by atomic mass is 35.5. The summed E-state index contributed by atoms with van der Waals surface area (Å²) < 4.78 is 5.25.